The van der Waals surface area contributed by atoms with Crippen LogP contribution in [0, 0.1) is 3.57 Å². The van der Waals surface area contributed by atoms with E-state index in [1.807, 2.05) is 0 Å². The fourth-order valence-electron chi connectivity index (χ4n) is 2.99. The van der Waals surface area contributed by atoms with Crippen LogP contribution in [-0.2, 0) is 0 Å². The van der Waals surface area contributed by atoms with Crippen molar-refractivity contribution < 1.29 is 0 Å². The summed E-state index contributed by atoms with van der Waals surface area (Å²) in [7, 11) is 0. The third-order valence-corrected chi connectivity index (χ3v) is 4.86. The Balaban J connectivity index is 1.86. The first-order chi connectivity index (χ1) is 11.3. The van der Waals surface area contributed by atoms with Gasteiger partial charge in [-0.2, -0.15) is 0 Å². The van der Waals surface area contributed by atoms with Crippen LogP contribution in [0.15, 0.2) is 91.0 Å². The molecule has 1 heteroatoms. The van der Waals surface area contributed by atoms with Crippen molar-refractivity contribution in [2.45, 2.75) is 0 Å². The summed E-state index contributed by atoms with van der Waals surface area (Å²) in [5.41, 5.74) is 5.06. The van der Waals surface area contributed by atoms with Crippen molar-refractivity contribution in [1.82, 2.24) is 0 Å². The van der Waals surface area contributed by atoms with E-state index < -0.39 is 0 Å². The summed E-state index contributed by atoms with van der Waals surface area (Å²) in [6, 6.07) is 32.5. The standard InChI is InChI=1S/C22H15I/c23-20-13-11-16(12-14-20)18-7-3-8-19(15-18)22-10-4-6-17-5-1-2-9-21(17)22/h1-15H. The van der Waals surface area contributed by atoms with Crippen molar-refractivity contribution in [3.8, 4) is 22.3 Å². The van der Waals surface area contributed by atoms with Crippen LogP contribution in [0.1, 0.15) is 0 Å². The van der Waals surface area contributed by atoms with E-state index in [0.29, 0.717) is 0 Å². The van der Waals surface area contributed by atoms with Gasteiger partial charge in [-0.15, -0.1) is 0 Å². The first-order valence-electron chi connectivity index (χ1n) is 7.65. The van der Waals surface area contributed by atoms with Gasteiger partial charge in [0.1, 0.15) is 0 Å². The first kappa shape index (κ1) is 14.5. The maximum Gasteiger partial charge on any atom is 0.0130 e. The number of rotatable bonds is 2. The summed E-state index contributed by atoms with van der Waals surface area (Å²) in [6.45, 7) is 0. The van der Waals surface area contributed by atoms with E-state index in [1.54, 1.807) is 0 Å². The number of benzene rings is 4. The monoisotopic (exact) mass is 406 g/mol. The Hall–Kier alpha value is -2.13. The molecule has 4 rings (SSSR count). The molecular weight excluding hydrogens is 391 g/mol. The lowest BCUT2D eigenvalue weighted by Crippen LogP contribution is -1.83. The molecule has 0 nitrogen and oxygen atoms in total. The zero-order chi connectivity index (χ0) is 15.6. The predicted molar refractivity (Wildman–Crippen MR) is 108 cm³/mol. The molecular formula is C22H15I. The molecule has 0 aliphatic rings. The summed E-state index contributed by atoms with van der Waals surface area (Å²) in [5, 5.41) is 2.58. The largest absolute Gasteiger partial charge is 0.0616 e. The molecule has 0 unspecified atom stereocenters. The van der Waals surface area contributed by atoms with E-state index in [9.17, 15) is 0 Å². The smallest absolute Gasteiger partial charge is 0.0130 e. The average molecular weight is 406 g/mol. The molecule has 0 spiro atoms. The van der Waals surface area contributed by atoms with Crippen LogP contribution in [0.2, 0.25) is 0 Å². The van der Waals surface area contributed by atoms with Crippen LogP contribution >= 0.6 is 22.6 Å². The van der Waals surface area contributed by atoms with Crippen molar-refractivity contribution in [1.29, 1.82) is 0 Å². The molecule has 4 aromatic carbocycles. The second-order valence-electron chi connectivity index (χ2n) is 5.61. The molecule has 0 aliphatic carbocycles. The highest BCUT2D eigenvalue weighted by Crippen LogP contribution is 2.31. The Kier molecular flexibility index (Phi) is 3.88. The molecule has 0 saturated carbocycles. The third-order valence-electron chi connectivity index (χ3n) is 4.14. The van der Waals surface area contributed by atoms with Gasteiger partial charge in [0, 0.05) is 3.57 Å². The molecule has 0 heterocycles. The van der Waals surface area contributed by atoms with Crippen LogP contribution < -0.4 is 0 Å². The van der Waals surface area contributed by atoms with Gasteiger partial charge in [0.15, 0.2) is 0 Å². The lowest BCUT2D eigenvalue weighted by atomic mass is 9.95. The topological polar surface area (TPSA) is 0 Å². The van der Waals surface area contributed by atoms with E-state index in [-0.39, 0.29) is 0 Å². The molecule has 0 aliphatic heterocycles. The number of hydrogen-bond acceptors (Lipinski definition) is 0. The Morgan fingerprint density at radius 3 is 2.09 bits per heavy atom. The second-order valence-corrected chi connectivity index (χ2v) is 6.86. The quantitative estimate of drug-likeness (QED) is 0.322. The summed E-state index contributed by atoms with van der Waals surface area (Å²) < 4.78 is 1.26. The minimum Gasteiger partial charge on any atom is -0.0616 e. The van der Waals surface area contributed by atoms with Crippen LogP contribution in [-0.4, -0.2) is 0 Å². The number of fused-ring (bicyclic) bond motifs is 1. The lowest BCUT2D eigenvalue weighted by molar-refractivity contribution is 1.58. The van der Waals surface area contributed by atoms with E-state index >= 15 is 0 Å². The second kappa shape index (κ2) is 6.17. The van der Waals surface area contributed by atoms with Gasteiger partial charge < -0.3 is 0 Å². The molecule has 0 N–H and O–H groups in total. The highest BCUT2D eigenvalue weighted by molar-refractivity contribution is 14.1. The highest BCUT2D eigenvalue weighted by Gasteiger charge is 2.05. The van der Waals surface area contributed by atoms with Gasteiger partial charge in [-0.25, -0.2) is 0 Å². The summed E-state index contributed by atoms with van der Waals surface area (Å²) in [6.07, 6.45) is 0. The Morgan fingerprint density at radius 2 is 1.22 bits per heavy atom. The minimum absolute atomic E-state index is 1.26. The molecule has 0 atom stereocenters. The molecule has 0 radical (unpaired) electrons. The van der Waals surface area contributed by atoms with Crippen molar-refractivity contribution in [2.75, 3.05) is 0 Å². The summed E-state index contributed by atoms with van der Waals surface area (Å²) in [5.74, 6) is 0. The number of halogens is 1. The van der Waals surface area contributed by atoms with E-state index in [4.69, 9.17) is 0 Å². The lowest BCUT2D eigenvalue weighted by Gasteiger charge is -2.09. The normalized spacial score (nSPS) is 10.8. The molecule has 0 fully saturated rings. The summed E-state index contributed by atoms with van der Waals surface area (Å²) >= 11 is 2.34. The van der Waals surface area contributed by atoms with Gasteiger partial charge in [0.2, 0.25) is 0 Å². The first-order valence-corrected chi connectivity index (χ1v) is 8.73. The van der Waals surface area contributed by atoms with E-state index in [1.165, 1.54) is 36.6 Å². The van der Waals surface area contributed by atoms with Gasteiger partial charge >= 0.3 is 0 Å². The molecule has 110 valence electrons. The van der Waals surface area contributed by atoms with E-state index in [2.05, 4.69) is 114 Å². The fourth-order valence-corrected chi connectivity index (χ4v) is 3.35. The van der Waals surface area contributed by atoms with Crippen LogP contribution in [0.5, 0.6) is 0 Å². The predicted octanol–water partition coefficient (Wildman–Crippen LogP) is 6.78. The number of hydrogen-bond donors (Lipinski definition) is 0. The summed E-state index contributed by atoms with van der Waals surface area (Å²) in [4.78, 5) is 0. The van der Waals surface area contributed by atoms with Gasteiger partial charge in [-0.1, -0.05) is 72.8 Å². The SMILES string of the molecule is Ic1ccc(-c2cccc(-c3cccc4ccccc34)c2)cc1. The van der Waals surface area contributed by atoms with Crippen LogP contribution in [0.4, 0.5) is 0 Å². The highest BCUT2D eigenvalue weighted by atomic mass is 127. The molecule has 0 amide bonds. The van der Waals surface area contributed by atoms with Crippen LogP contribution in [0.25, 0.3) is 33.0 Å². The Bertz CT molecular complexity index is 963. The zero-order valence-electron chi connectivity index (χ0n) is 12.5. The minimum atomic E-state index is 1.26. The van der Waals surface area contributed by atoms with Gasteiger partial charge in [-0.05, 0) is 73.8 Å². The van der Waals surface area contributed by atoms with Gasteiger partial charge in [0.25, 0.3) is 0 Å². The molecule has 0 saturated heterocycles. The van der Waals surface area contributed by atoms with Gasteiger partial charge in [0.05, 0.1) is 0 Å². The molecule has 23 heavy (non-hydrogen) atoms. The van der Waals surface area contributed by atoms with Crippen molar-refractivity contribution in [3.63, 3.8) is 0 Å². The van der Waals surface area contributed by atoms with Crippen molar-refractivity contribution >= 4 is 33.4 Å². The maximum absolute atomic E-state index is 2.34. The van der Waals surface area contributed by atoms with Crippen molar-refractivity contribution in [2.24, 2.45) is 0 Å². The average Bonchev–Trinajstić information content (AvgIpc) is 2.62. The van der Waals surface area contributed by atoms with E-state index in [0.717, 1.165) is 0 Å². The molecule has 0 bridgehead atoms. The Morgan fingerprint density at radius 1 is 0.522 bits per heavy atom. The zero-order valence-corrected chi connectivity index (χ0v) is 14.7. The Labute approximate surface area is 149 Å². The third kappa shape index (κ3) is 2.89. The molecule has 4 aromatic rings. The fraction of sp³-hybridized carbons (Fsp3) is 0. The van der Waals surface area contributed by atoms with Crippen molar-refractivity contribution in [3.05, 3.63) is 94.6 Å². The van der Waals surface area contributed by atoms with Crippen LogP contribution in [0.3, 0.4) is 0 Å². The molecule has 0 aromatic heterocycles. The van der Waals surface area contributed by atoms with Gasteiger partial charge in [-0.3, -0.25) is 0 Å². The maximum atomic E-state index is 2.34.